The van der Waals surface area contributed by atoms with Crippen LogP contribution in [0.4, 0.5) is 0 Å². The highest BCUT2D eigenvalue weighted by molar-refractivity contribution is 5.94. The van der Waals surface area contributed by atoms with E-state index in [9.17, 15) is 4.79 Å². The van der Waals surface area contributed by atoms with E-state index in [0.717, 1.165) is 22.2 Å². The number of ether oxygens (including phenoxy) is 1. The highest BCUT2D eigenvalue weighted by atomic mass is 16.5. The van der Waals surface area contributed by atoms with Crippen molar-refractivity contribution in [3.63, 3.8) is 0 Å². The Morgan fingerprint density at radius 2 is 2.04 bits per heavy atom. The van der Waals surface area contributed by atoms with Crippen molar-refractivity contribution < 1.29 is 9.53 Å². The summed E-state index contributed by atoms with van der Waals surface area (Å²) < 4.78 is 5.35. The number of carbonyl (C=O) groups is 1. The fraction of sp³-hybridized carbons (Fsp3) is 0.176. The lowest BCUT2D eigenvalue weighted by molar-refractivity contribution is 0.0785. The molecular weight excluding hydrogens is 292 g/mol. The third kappa shape index (κ3) is 2.96. The Balaban J connectivity index is 1.91. The van der Waals surface area contributed by atoms with Crippen LogP contribution in [-0.2, 0) is 6.54 Å². The summed E-state index contributed by atoms with van der Waals surface area (Å²) in [5.74, 6) is 0.615. The zero-order valence-corrected chi connectivity index (χ0v) is 12.9. The van der Waals surface area contributed by atoms with Crippen LogP contribution in [0.25, 0.3) is 10.9 Å². The van der Waals surface area contributed by atoms with Gasteiger partial charge in [-0.25, -0.2) is 0 Å². The van der Waals surface area contributed by atoms with E-state index in [1.165, 1.54) is 12.4 Å². The van der Waals surface area contributed by atoms with Gasteiger partial charge in [-0.05, 0) is 23.8 Å². The van der Waals surface area contributed by atoms with Crippen LogP contribution < -0.4 is 4.74 Å². The van der Waals surface area contributed by atoms with Crippen LogP contribution in [0.2, 0.25) is 0 Å². The molecule has 116 valence electrons. The summed E-state index contributed by atoms with van der Waals surface area (Å²) >= 11 is 0. The molecule has 1 amide bonds. The van der Waals surface area contributed by atoms with Gasteiger partial charge in [0.25, 0.3) is 5.91 Å². The number of carbonyl (C=O) groups excluding carboxylic acids is 1. The Hall–Kier alpha value is -3.02. The van der Waals surface area contributed by atoms with Crippen LogP contribution in [0.3, 0.4) is 0 Å². The molecule has 0 fully saturated rings. The molecule has 1 aromatic carbocycles. The van der Waals surface area contributed by atoms with E-state index in [-0.39, 0.29) is 5.91 Å². The second-order valence-electron chi connectivity index (χ2n) is 5.12. The van der Waals surface area contributed by atoms with Gasteiger partial charge in [0.05, 0.1) is 25.1 Å². The molecule has 6 heteroatoms. The molecule has 0 saturated heterocycles. The Labute approximate surface area is 133 Å². The van der Waals surface area contributed by atoms with Gasteiger partial charge in [0.2, 0.25) is 0 Å². The van der Waals surface area contributed by atoms with Gasteiger partial charge in [0, 0.05) is 25.2 Å². The number of rotatable bonds is 4. The minimum absolute atomic E-state index is 0.104. The van der Waals surface area contributed by atoms with Gasteiger partial charge in [0.15, 0.2) is 0 Å². The summed E-state index contributed by atoms with van der Waals surface area (Å²) in [6.45, 7) is 0.466. The third-order valence-corrected chi connectivity index (χ3v) is 3.63. The molecule has 6 nitrogen and oxygen atoms in total. The quantitative estimate of drug-likeness (QED) is 0.740. The first-order valence-electron chi connectivity index (χ1n) is 7.13. The molecule has 0 radical (unpaired) electrons. The molecule has 0 aliphatic heterocycles. The first-order chi connectivity index (χ1) is 11.2. The van der Waals surface area contributed by atoms with Crippen molar-refractivity contribution >= 4 is 16.8 Å². The smallest absolute Gasteiger partial charge is 0.255 e. The molecule has 2 aromatic heterocycles. The van der Waals surface area contributed by atoms with Crippen molar-refractivity contribution in [2.75, 3.05) is 14.2 Å². The molecule has 0 aliphatic carbocycles. The molecule has 0 saturated carbocycles. The minimum Gasteiger partial charge on any atom is -0.494 e. The van der Waals surface area contributed by atoms with E-state index in [4.69, 9.17) is 4.74 Å². The van der Waals surface area contributed by atoms with Crippen LogP contribution in [0, 0.1) is 0 Å². The zero-order chi connectivity index (χ0) is 16.2. The Morgan fingerprint density at radius 3 is 2.78 bits per heavy atom. The Kier molecular flexibility index (Phi) is 4.14. The van der Waals surface area contributed by atoms with Gasteiger partial charge < -0.3 is 9.64 Å². The Bertz CT molecular complexity index is 836. The molecular formula is C17H16N4O2. The number of nitrogens with zero attached hydrogens (tertiary/aromatic N) is 4. The fourth-order valence-electron chi connectivity index (χ4n) is 2.47. The number of hydrogen-bond donors (Lipinski definition) is 0. The number of pyridine rings is 1. The Morgan fingerprint density at radius 1 is 1.17 bits per heavy atom. The summed E-state index contributed by atoms with van der Waals surface area (Å²) in [4.78, 5) is 18.4. The van der Waals surface area contributed by atoms with Crippen LogP contribution in [-0.4, -0.2) is 40.1 Å². The predicted octanol–water partition coefficient (Wildman–Crippen LogP) is 2.31. The van der Waals surface area contributed by atoms with E-state index in [2.05, 4.69) is 15.2 Å². The average molecular weight is 308 g/mol. The van der Waals surface area contributed by atoms with E-state index >= 15 is 0 Å². The molecule has 0 aliphatic rings. The SMILES string of the molecule is COc1ccc(CN(C)C(=O)c2ccnnc2)c2cccnc12. The summed E-state index contributed by atoms with van der Waals surface area (Å²) in [6, 6.07) is 9.33. The average Bonchev–Trinajstić information content (AvgIpc) is 2.62. The standard InChI is InChI=1S/C17H16N4O2/c1-21(17(22)12-7-9-19-20-10-12)11-13-5-6-15(23-2)16-14(13)4-3-8-18-16/h3-10H,11H2,1-2H3. The maximum atomic E-state index is 12.4. The number of benzene rings is 1. The van der Waals surface area contributed by atoms with Gasteiger partial charge in [-0.2, -0.15) is 10.2 Å². The highest BCUT2D eigenvalue weighted by Crippen LogP contribution is 2.27. The molecule has 3 rings (SSSR count). The van der Waals surface area contributed by atoms with Crippen LogP contribution in [0.5, 0.6) is 5.75 Å². The summed E-state index contributed by atoms with van der Waals surface area (Å²) in [6.07, 6.45) is 4.70. The van der Waals surface area contributed by atoms with Crippen molar-refractivity contribution in [2.45, 2.75) is 6.54 Å². The lowest BCUT2D eigenvalue weighted by atomic mass is 10.1. The normalized spacial score (nSPS) is 10.5. The molecule has 0 bridgehead atoms. The second-order valence-corrected chi connectivity index (χ2v) is 5.12. The topological polar surface area (TPSA) is 68.2 Å². The second kappa shape index (κ2) is 6.39. The highest BCUT2D eigenvalue weighted by Gasteiger charge is 2.15. The maximum absolute atomic E-state index is 12.4. The molecule has 0 N–H and O–H groups in total. The van der Waals surface area contributed by atoms with E-state index in [1.54, 1.807) is 31.3 Å². The number of hydrogen-bond acceptors (Lipinski definition) is 5. The molecule has 0 spiro atoms. The monoisotopic (exact) mass is 308 g/mol. The minimum atomic E-state index is -0.104. The van der Waals surface area contributed by atoms with Gasteiger partial charge in [-0.15, -0.1) is 0 Å². The predicted molar refractivity (Wildman–Crippen MR) is 86.1 cm³/mol. The van der Waals surface area contributed by atoms with Crippen molar-refractivity contribution in [3.8, 4) is 5.75 Å². The van der Waals surface area contributed by atoms with E-state index in [0.29, 0.717) is 12.1 Å². The molecule has 0 unspecified atom stereocenters. The number of amides is 1. The fourth-order valence-corrected chi connectivity index (χ4v) is 2.47. The molecule has 3 aromatic rings. The molecule has 2 heterocycles. The molecule has 0 atom stereocenters. The first kappa shape index (κ1) is 14.9. The largest absolute Gasteiger partial charge is 0.494 e. The third-order valence-electron chi connectivity index (χ3n) is 3.63. The number of fused-ring (bicyclic) bond motifs is 1. The van der Waals surface area contributed by atoms with Gasteiger partial charge in [0.1, 0.15) is 11.3 Å². The lowest BCUT2D eigenvalue weighted by Gasteiger charge is -2.18. The van der Waals surface area contributed by atoms with Gasteiger partial charge in [-0.1, -0.05) is 12.1 Å². The maximum Gasteiger partial charge on any atom is 0.255 e. The zero-order valence-electron chi connectivity index (χ0n) is 12.9. The first-order valence-corrected chi connectivity index (χ1v) is 7.13. The van der Waals surface area contributed by atoms with E-state index in [1.807, 2.05) is 24.3 Å². The number of methoxy groups -OCH3 is 1. The van der Waals surface area contributed by atoms with Crippen LogP contribution >= 0.6 is 0 Å². The van der Waals surface area contributed by atoms with Crippen molar-refractivity contribution in [2.24, 2.45) is 0 Å². The van der Waals surface area contributed by atoms with Crippen molar-refractivity contribution in [1.29, 1.82) is 0 Å². The number of aromatic nitrogens is 3. The summed E-state index contributed by atoms with van der Waals surface area (Å²) in [5.41, 5.74) is 2.31. The lowest BCUT2D eigenvalue weighted by Crippen LogP contribution is -2.26. The summed E-state index contributed by atoms with van der Waals surface area (Å²) in [7, 11) is 3.38. The van der Waals surface area contributed by atoms with E-state index < -0.39 is 0 Å². The van der Waals surface area contributed by atoms with Gasteiger partial charge in [-0.3, -0.25) is 9.78 Å². The van der Waals surface area contributed by atoms with Crippen LogP contribution in [0.1, 0.15) is 15.9 Å². The van der Waals surface area contributed by atoms with Gasteiger partial charge >= 0.3 is 0 Å². The van der Waals surface area contributed by atoms with Crippen LogP contribution in [0.15, 0.2) is 48.9 Å². The summed E-state index contributed by atoms with van der Waals surface area (Å²) in [5, 5.41) is 8.40. The molecule has 23 heavy (non-hydrogen) atoms. The van der Waals surface area contributed by atoms with Crippen molar-refractivity contribution in [3.05, 3.63) is 60.0 Å². The van der Waals surface area contributed by atoms with Crippen molar-refractivity contribution in [1.82, 2.24) is 20.1 Å².